The molecule has 0 bridgehead atoms. The van der Waals surface area contributed by atoms with Gasteiger partial charge in [0, 0.05) is 0 Å². The predicted molar refractivity (Wildman–Crippen MR) is 88.9 cm³/mol. The lowest BCUT2D eigenvalue weighted by atomic mass is 9.91. The second-order valence-electron chi connectivity index (χ2n) is 5.96. The van der Waals surface area contributed by atoms with Crippen molar-refractivity contribution >= 4 is 0 Å². The average Bonchev–Trinajstić information content (AvgIpc) is 2.50. The highest BCUT2D eigenvalue weighted by molar-refractivity contribution is 5.17. The lowest BCUT2D eigenvalue weighted by Crippen LogP contribution is -2.03. The first-order valence-electron chi connectivity index (χ1n) is 8.54. The third kappa shape index (κ3) is 11.6. The molecule has 1 fully saturated rings. The molecule has 128 valence electrons. The minimum absolute atomic E-state index is 0.602. The number of rotatable bonds is 2. The minimum atomic E-state index is -4.21. The molecule has 0 aromatic heterocycles. The lowest BCUT2D eigenvalue weighted by Gasteiger charge is -2.15. The molecule has 0 aliphatic heterocycles. The second-order valence-corrected chi connectivity index (χ2v) is 5.96. The van der Waals surface area contributed by atoms with Gasteiger partial charge in [-0.15, -0.1) is 0 Å². The predicted octanol–water partition coefficient (Wildman–Crippen LogP) is 7.49. The smallest absolute Gasteiger partial charge is 0.166 e. The van der Waals surface area contributed by atoms with Crippen LogP contribution >= 0.6 is 0 Å². The fourth-order valence-electron chi connectivity index (χ4n) is 2.29. The van der Waals surface area contributed by atoms with Crippen LogP contribution in [-0.4, -0.2) is 0 Å². The van der Waals surface area contributed by atoms with E-state index in [1.54, 1.807) is 6.07 Å². The highest BCUT2D eigenvalue weighted by Crippen LogP contribution is 2.28. The van der Waals surface area contributed by atoms with Crippen molar-refractivity contribution in [3.05, 3.63) is 35.9 Å². The van der Waals surface area contributed by atoms with E-state index in [0.29, 0.717) is 0 Å². The number of halogens is 3. The van der Waals surface area contributed by atoms with Gasteiger partial charge in [-0.05, 0) is 5.92 Å². The van der Waals surface area contributed by atoms with E-state index in [-0.39, 0.29) is 0 Å². The Bertz CT molecular complexity index is 335. The van der Waals surface area contributed by atoms with Crippen LogP contribution in [0.3, 0.4) is 0 Å². The molecule has 0 heterocycles. The largest absolute Gasteiger partial charge is 0.416 e. The Kier molecular flexibility index (Phi) is 12.0. The van der Waals surface area contributed by atoms with E-state index in [9.17, 15) is 13.2 Å². The van der Waals surface area contributed by atoms with Gasteiger partial charge >= 0.3 is 6.18 Å². The number of unbranched alkanes of at least 4 members (excludes halogenated alkanes) is 2. The van der Waals surface area contributed by atoms with Crippen LogP contribution in [0.5, 0.6) is 0 Å². The van der Waals surface area contributed by atoms with Crippen LogP contribution in [0.4, 0.5) is 13.2 Å². The highest BCUT2D eigenvalue weighted by Gasteiger charge is 2.29. The van der Waals surface area contributed by atoms with Gasteiger partial charge < -0.3 is 0 Å². The maximum absolute atomic E-state index is 11.8. The van der Waals surface area contributed by atoms with Crippen LogP contribution in [0.1, 0.15) is 77.7 Å². The Morgan fingerprint density at radius 2 is 1.41 bits per heavy atom. The van der Waals surface area contributed by atoms with Crippen LogP contribution in [0.25, 0.3) is 0 Å². The molecule has 1 saturated carbocycles. The Balaban J connectivity index is 0.000000322. The van der Waals surface area contributed by atoms with Gasteiger partial charge in [-0.25, -0.2) is 0 Å². The molecule has 0 saturated heterocycles. The molecule has 0 amide bonds. The number of hydrogen-bond donors (Lipinski definition) is 0. The van der Waals surface area contributed by atoms with E-state index in [1.165, 1.54) is 63.5 Å². The Morgan fingerprint density at radius 1 is 0.909 bits per heavy atom. The normalized spacial score (nSPS) is 15.2. The molecular formula is C19H31F3. The molecular weight excluding hydrogens is 285 g/mol. The Labute approximate surface area is 134 Å². The summed E-state index contributed by atoms with van der Waals surface area (Å²) < 4.78 is 35.4. The Hall–Kier alpha value is -0.990. The first-order chi connectivity index (χ1) is 10.4. The summed E-state index contributed by atoms with van der Waals surface area (Å²) >= 11 is 0. The molecule has 1 aromatic rings. The Morgan fingerprint density at radius 3 is 1.64 bits per heavy atom. The van der Waals surface area contributed by atoms with Crippen molar-refractivity contribution in [3.63, 3.8) is 0 Å². The van der Waals surface area contributed by atoms with Crippen molar-refractivity contribution in [2.24, 2.45) is 5.92 Å². The summed E-state index contributed by atoms with van der Waals surface area (Å²) in [7, 11) is 0. The van der Waals surface area contributed by atoms with Crippen molar-refractivity contribution in [1.82, 2.24) is 0 Å². The van der Waals surface area contributed by atoms with Crippen molar-refractivity contribution in [2.45, 2.75) is 78.3 Å². The lowest BCUT2D eigenvalue weighted by molar-refractivity contribution is -0.137. The van der Waals surface area contributed by atoms with Gasteiger partial charge in [0.1, 0.15) is 0 Å². The van der Waals surface area contributed by atoms with Gasteiger partial charge in [-0.2, -0.15) is 13.2 Å². The fourth-order valence-corrected chi connectivity index (χ4v) is 2.29. The van der Waals surface area contributed by atoms with Crippen LogP contribution in [0, 0.1) is 5.92 Å². The SMILES string of the molecule is CC1CCCCC1.CCCCC.FC(F)(F)c1ccccc1. The van der Waals surface area contributed by atoms with E-state index >= 15 is 0 Å². The van der Waals surface area contributed by atoms with Crippen molar-refractivity contribution in [1.29, 1.82) is 0 Å². The van der Waals surface area contributed by atoms with E-state index in [4.69, 9.17) is 0 Å². The summed E-state index contributed by atoms with van der Waals surface area (Å²) in [5.41, 5.74) is -0.602. The third-order valence-corrected chi connectivity index (χ3v) is 3.70. The fraction of sp³-hybridized carbons (Fsp3) is 0.684. The van der Waals surface area contributed by atoms with Crippen molar-refractivity contribution in [2.75, 3.05) is 0 Å². The summed E-state index contributed by atoms with van der Waals surface area (Å²) in [6, 6.07) is 6.36. The van der Waals surface area contributed by atoms with Gasteiger partial charge in [0.2, 0.25) is 0 Å². The van der Waals surface area contributed by atoms with E-state index in [2.05, 4.69) is 20.8 Å². The average molecular weight is 316 g/mol. The van der Waals surface area contributed by atoms with Crippen LogP contribution < -0.4 is 0 Å². The van der Waals surface area contributed by atoms with Gasteiger partial charge in [-0.3, -0.25) is 0 Å². The van der Waals surface area contributed by atoms with Gasteiger partial charge in [0.15, 0.2) is 0 Å². The zero-order valence-electron chi connectivity index (χ0n) is 14.3. The molecule has 22 heavy (non-hydrogen) atoms. The summed E-state index contributed by atoms with van der Waals surface area (Å²) in [4.78, 5) is 0. The van der Waals surface area contributed by atoms with Crippen LogP contribution in [0.2, 0.25) is 0 Å². The van der Waals surface area contributed by atoms with E-state index < -0.39 is 11.7 Å². The minimum Gasteiger partial charge on any atom is -0.166 e. The molecule has 0 unspecified atom stereocenters. The molecule has 0 atom stereocenters. The third-order valence-electron chi connectivity index (χ3n) is 3.70. The van der Waals surface area contributed by atoms with Gasteiger partial charge in [0.25, 0.3) is 0 Å². The molecule has 1 aliphatic carbocycles. The monoisotopic (exact) mass is 316 g/mol. The first-order valence-corrected chi connectivity index (χ1v) is 8.54. The summed E-state index contributed by atoms with van der Waals surface area (Å²) in [6.07, 6.45) is 7.31. The molecule has 3 heteroatoms. The first kappa shape index (κ1) is 21.0. The van der Waals surface area contributed by atoms with Gasteiger partial charge in [0.05, 0.1) is 5.56 Å². The number of alkyl halides is 3. The van der Waals surface area contributed by atoms with Crippen molar-refractivity contribution in [3.8, 4) is 0 Å². The van der Waals surface area contributed by atoms with E-state index in [0.717, 1.165) is 18.1 Å². The van der Waals surface area contributed by atoms with Crippen LogP contribution in [0.15, 0.2) is 30.3 Å². The molecule has 1 aliphatic rings. The van der Waals surface area contributed by atoms with Crippen LogP contribution in [-0.2, 0) is 6.18 Å². The molecule has 2 rings (SSSR count). The topological polar surface area (TPSA) is 0 Å². The standard InChI is InChI=1S/C7H5F3.C7H14.C5H12/c8-7(9,10)6-4-2-1-3-5-6;1-7-5-3-2-4-6-7;1-3-5-4-2/h1-5H;7H,2-6H2,1H3;3-5H2,1-2H3. The molecule has 0 spiro atoms. The molecule has 0 nitrogen and oxygen atoms in total. The van der Waals surface area contributed by atoms with E-state index in [1.807, 2.05) is 0 Å². The number of hydrogen-bond acceptors (Lipinski definition) is 0. The molecule has 1 aromatic carbocycles. The molecule has 0 radical (unpaired) electrons. The second kappa shape index (κ2) is 12.5. The quantitative estimate of drug-likeness (QED) is 0.530. The zero-order valence-corrected chi connectivity index (χ0v) is 14.3. The maximum Gasteiger partial charge on any atom is 0.416 e. The highest BCUT2D eigenvalue weighted by atomic mass is 19.4. The molecule has 0 N–H and O–H groups in total. The number of benzene rings is 1. The zero-order chi connectivity index (χ0) is 16.8. The van der Waals surface area contributed by atoms with Gasteiger partial charge in [-0.1, -0.05) is 102 Å². The van der Waals surface area contributed by atoms with Crippen molar-refractivity contribution < 1.29 is 13.2 Å². The summed E-state index contributed by atoms with van der Waals surface area (Å²) in [6.45, 7) is 6.78. The summed E-state index contributed by atoms with van der Waals surface area (Å²) in [5, 5.41) is 0. The summed E-state index contributed by atoms with van der Waals surface area (Å²) in [5.74, 6) is 1.04. The maximum atomic E-state index is 11.8.